The monoisotopic (exact) mass is 323 g/mol. The van der Waals surface area contributed by atoms with Crippen molar-refractivity contribution >= 4 is 21.6 Å². The average molecular weight is 324 g/mol. The summed E-state index contributed by atoms with van der Waals surface area (Å²) in [5, 5.41) is 0. The van der Waals surface area contributed by atoms with E-state index in [1.165, 1.54) is 10.6 Å². The van der Waals surface area contributed by atoms with Gasteiger partial charge in [0.05, 0.1) is 0 Å². The third kappa shape index (κ3) is 3.14. The SMILES string of the molecule is Cc1cc(Br)cn(CCn2cc(N)ccc2=O)c1=O. The number of aromatic nitrogens is 2. The van der Waals surface area contributed by atoms with Crippen molar-refractivity contribution in [3.63, 3.8) is 0 Å². The third-order valence-corrected chi connectivity index (χ3v) is 3.25. The first-order chi connectivity index (χ1) is 8.97. The number of hydrogen-bond donors (Lipinski definition) is 1. The lowest BCUT2D eigenvalue weighted by atomic mass is 10.3. The Kier molecular flexibility index (Phi) is 3.90. The van der Waals surface area contributed by atoms with E-state index < -0.39 is 0 Å². The van der Waals surface area contributed by atoms with Crippen molar-refractivity contribution in [1.82, 2.24) is 9.13 Å². The summed E-state index contributed by atoms with van der Waals surface area (Å²) in [7, 11) is 0. The van der Waals surface area contributed by atoms with Crippen LogP contribution in [0.3, 0.4) is 0 Å². The fourth-order valence-corrected chi connectivity index (χ4v) is 2.44. The zero-order valence-corrected chi connectivity index (χ0v) is 12.1. The van der Waals surface area contributed by atoms with Gasteiger partial charge in [-0.05, 0) is 35.0 Å². The van der Waals surface area contributed by atoms with E-state index in [4.69, 9.17) is 5.73 Å². The molecule has 0 unspecified atom stereocenters. The predicted molar refractivity (Wildman–Crippen MR) is 78.3 cm³/mol. The molecule has 0 saturated heterocycles. The molecular formula is C13H14BrN3O2. The van der Waals surface area contributed by atoms with Crippen molar-refractivity contribution in [3.05, 3.63) is 61.3 Å². The summed E-state index contributed by atoms with van der Waals surface area (Å²) in [5.41, 5.74) is 6.64. The molecule has 2 rings (SSSR count). The molecule has 0 aliphatic carbocycles. The molecule has 0 spiro atoms. The molecule has 0 aromatic carbocycles. The number of rotatable bonds is 3. The number of nitrogens with zero attached hydrogens (tertiary/aromatic N) is 2. The van der Waals surface area contributed by atoms with Crippen LogP contribution in [0.15, 0.2) is 44.7 Å². The summed E-state index contributed by atoms with van der Waals surface area (Å²) < 4.78 is 3.91. The Bertz CT molecular complexity index is 719. The Balaban J connectivity index is 2.26. The molecule has 5 nitrogen and oxygen atoms in total. The van der Waals surface area contributed by atoms with Crippen LogP contribution >= 0.6 is 15.9 Å². The molecule has 6 heteroatoms. The molecule has 0 atom stereocenters. The molecule has 0 saturated carbocycles. The molecule has 0 radical (unpaired) electrons. The summed E-state index contributed by atoms with van der Waals surface area (Å²) in [5.74, 6) is 0. The van der Waals surface area contributed by atoms with Crippen LogP contribution in [0.1, 0.15) is 5.56 Å². The highest BCUT2D eigenvalue weighted by Crippen LogP contribution is 2.08. The van der Waals surface area contributed by atoms with Gasteiger partial charge in [0.1, 0.15) is 0 Å². The fraction of sp³-hybridized carbons (Fsp3) is 0.231. The second-order valence-corrected chi connectivity index (χ2v) is 5.25. The first-order valence-corrected chi connectivity index (χ1v) is 6.59. The maximum atomic E-state index is 11.9. The summed E-state index contributed by atoms with van der Waals surface area (Å²) >= 11 is 3.35. The number of pyridine rings is 2. The number of nitrogens with two attached hydrogens (primary N) is 1. The van der Waals surface area contributed by atoms with Crippen LogP contribution in [0.2, 0.25) is 0 Å². The van der Waals surface area contributed by atoms with E-state index in [0.29, 0.717) is 24.3 Å². The summed E-state index contributed by atoms with van der Waals surface area (Å²) in [4.78, 5) is 23.5. The van der Waals surface area contributed by atoms with E-state index in [0.717, 1.165) is 4.47 Å². The standard InChI is InChI=1S/C13H14BrN3O2/c1-9-6-10(14)7-17(13(9)19)5-4-16-8-11(15)2-3-12(16)18/h2-3,6-8H,4-5,15H2,1H3. The molecule has 0 aliphatic rings. The minimum absolute atomic E-state index is 0.0554. The number of aryl methyl sites for hydroxylation is 3. The Labute approximate surface area is 118 Å². The van der Waals surface area contributed by atoms with Gasteiger partial charge in [-0.1, -0.05) is 0 Å². The quantitative estimate of drug-likeness (QED) is 0.927. The topological polar surface area (TPSA) is 70.0 Å². The van der Waals surface area contributed by atoms with Crippen molar-refractivity contribution in [2.45, 2.75) is 20.0 Å². The van der Waals surface area contributed by atoms with Crippen LogP contribution in [0.4, 0.5) is 5.69 Å². The zero-order chi connectivity index (χ0) is 14.0. The van der Waals surface area contributed by atoms with E-state index in [1.807, 2.05) is 0 Å². The molecule has 19 heavy (non-hydrogen) atoms. The molecule has 100 valence electrons. The van der Waals surface area contributed by atoms with Gasteiger partial charge in [-0.2, -0.15) is 0 Å². The molecule has 2 aromatic heterocycles. The molecule has 2 N–H and O–H groups in total. The maximum Gasteiger partial charge on any atom is 0.253 e. The van der Waals surface area contributed by atoms with Crippen molar-refractivity contribution in [1.29, 1.82) is 0 Å². The summed E-state index contributed by atoms with van der Waals surface area (Å²) in [6.45, 7) is 2.58. The van der Waals surface area contributed by atoms with Gasteiger partial charge in [0, 0.05) is 47.3 Å². The maximum absolute atomic E-state index is 11.9. The highest BCUT2D eigenvalue weighted by Gasteiger charge is 2.03. The Morgan fingerprint density at radius 2 is 1.84 bits per heavy atom. The normalized spacial score (nSPS) is 10.6. The average Bonchev–Trinajstić information content (AvgIpc) is 2.35. The van der Waals surface area contributed by atoms with E-state index in [1.54, 1.807) is 36.0 Å². The Hall–Kier alpha value is -1.82. The van der Waals surface area contributed by atoms with Gasteiger partial charge in [0.25, 0.3) is 11.1 Å². The van der Waals surface area contributed by atoms with Crippen molar-refractivity contribution in [2.75, 3.05) is 5.73 Å². The summed E-state index contributed by atoms with van der Waals surface area (Å²) in [6.07, 6.45) is 3.30. The number of hydrogen-bond acceptors (Lipinski definition) is 3. The zero-order valence-electron chi connectivity index (χ0n) is 10.5. The smallest absolute Gasteiger partial charge is 0.253 e. The lowest BCUT2D eigenvalue weighted by Crippen LogP contribution is -2.27. The van der Waals surface area contributed by atoms with E-state index >= 15 is 0 Å². The second-order valence-electron chi connectivity index (χ2n) is 4.33. The molecular weight excluding hydrogens is 310 g/mol. The van der Waals surface area contributed by atoms with Gasteiger partial charge in [0.2, 0.25) is 0 Å². The largest absolute Gasteiger partial charge is 0.398 e. The molecule has 0 amide bonds. The molecule has 2 aromatic rings. The first kappa shape index (κ1) is 13.6. The van der Waals surface area contributed by atoms with Crippen molar-refractivity contribution in [3.8, 4) is 0 Å². The third-order valence-electron chi connectivity index (χ3n) is 2.82. The highest BCUT2D eigenvalue weighted by atomic mass is 79.9. The molecule has 0 bridgehead atoms. The predicted octanol–water partition coefficient (Wildman–Crippen LogP) is 1.36. The van der Waals surface area contributed by atoms with Gasteiger partial charge in [-0.3, -0.25) is 9.59 Å². The number of anilines is 1. The van der Waals surface area contributed by atoms with Crippen LogP contribution in [-0.2, 0) is 13.1 Å². The van der Waals surface area contributed by atoms with Gasteiger partial charge < -0.3 is 14.9 Å². The molecule has 0 fully saturated rings. The fourth-order valence-electron chi connectivity index (χ4n) is 1.85. The Morgan fingerprint density at radius 1 is 1.16 bits per heavy atom. The van der Waals surface area contributed by atoms with Gasteiger partial charge in [0.15, 0.2) is 0 Å². The van der Waals surface area contributed by atoms with Crippen molar-refractivity contribution in [2.24, 2.45) is 0 Å². The van der Waals surface area contributed by atoms with Crippen LogP contribution in [0.25, 0.3) is 0 Å². The highest BCUT2D eigenvalue weighted by molar-refractivity contribution is 9.10. The van der Waals surface area contributed by atoms with Crippen molar-refractivity contribution < 1.29 is 0 Å². The lowest BCUT2D eigenvalue weighted by molar-refractivity contribution is 0.551. The second kappa shape index (κ2) is 5.44. The van der Waals surface area contributed by atoms with E-state index in [9.17, 15) is 9.59 Å². The van der Waals surface area contributed by atoms with Crippen LogP contribution < -0.4 is 16.9 Å². The van der Waals surface area contributed by atoms with E-state index in [2.05, 4.69) is 15.9 Å². The first-order valence-electron chi connectivity index (χ1n) is 5.80. The minimum atomic E-state index is -0.131. The molecule has 0 aliphatic heterocycles. The minimum Gasteiger partial charge on any atom is -0.398 e. The van der Waals surface area contributed by atoms with Gasteiger partial charge in [-0.15, -0.1) is 0 Å². The number of nitrogen functional groups attached to an aromatic ring is 1. The van der Waals surface area contributed by atoms with Gasteiger partial charge >= 0.3 is 0 Å². The van der Waals surface area contributed by atoms with Crippen LogP contribution in [0, 0.1) is 6.92 Å². The molecule has 2 heterocycles. The van der Waals surface area contributed by atoms with Gasteiger partial charge in [-0.25, -0.2) is 0 Å². The lowest BCUT2D eigenvalue weighted by Gasteiger charge is -2.10. The number of halogens is 1. The Morgan fingerprint density at radius 3 is 2.58 bits per heavy atom. The van der Waals surface area contributed by atoms with E-state index in [-0.39, 0.29) is 11.1 Å². The van der Waals surface area contributed by atoms with Crippen LogP contribution in [-0.4, -0.2) is 9.13 Å². The van der Waals surface area contributed by atoms with Crippen LogP contribution in [0.5, 0.6) is 0 Å². The summed E-state index contributed by atoms with van der Waals surface area (Å²) in [6, 6.07) is 4.75.